The van der Waals surface area contributed by atoms with Crippen LogP contribution in [0, 0.1) is 0 Å². The van der Waals surface area contributed by atoms with Crippen LogP contribution in [0.1, 0.15) is 39.5 Å². The largest absolute Gasteiger partial charge is 0.449 e. The number of carbonyl (C=O) groups is 2. The minimum atomic E-state index is -0.402. The second-order valence-electron chi connectivity index (χ2n) is 5.49. The van der Waals surface area contributed by atoms with Gasteiger partial charge in [-0.15, -0.1) is 0 Å². The van der Waals surface area contributed by atoms with Crippen LogP contribution in [-0.4, -0.2) is 74.5 Å². The van der Waals surface area contributed by atoms with Crippen LogP contribution in [0.15, 0.2) is 0 Å². The monoisotopic (exact) mass is 346 g/mol. The van der Waals surface area contributed by atoms with E-state index >= 15 is 0 Å². The van der Waals surface area contributed by atoms with Gasteiger partial charge in [-0.05, 0) is 12.8 Å². The quantitative estimate of drug-likeness (QED) is 0.487. The number of nitrogens with two attached hydrogens (primary N) is 2. The molecule has 8 heteroatoms. The van der Waals surface area contributed by atoms with E-state index in [-0.39, 0.29) is 0 Å². The van der Waals surface area contributed by atoms with Crippen LogP contribution in [0.5, 0.6) is 0 Å². The Balaban J connectivity index is 4.46. The summed E-state index contributed by atoms with van der Waals surface area (Å²) >= 11 is 0. The molecule has 142 valence electrons. The van der Waals surface area contributed by atoms with Gasteiger partial charge in [0, 0.05) is 39.3 Å². The van der Waals surface area contributed by atoms with Gasteiger partial charge < -0.3 is 30.7 Å². The number of carbonyl (C=O) groups excluding carboxylic acids is 2. The molecule has 2 amide bonds. The maximum atomic E-state index is 12.0. The molecule has 0 aliphatic rings. The molecule has 0 saturated carbocycles. The average molecular weight is 346 g/mol. The van der Waals surface area contributed by atoms with E-state index in [4.69, 9.17) is 20.9 Å². The maximum absolute atomic E-state index is 12.0. The number of amides is 2. The van der Waals surface area contributed by atoms with Gasteiger partial charge in [0.25, 0.3) is 0 Å². The smallest absolute Gasteiger partial charge is 0.409 e. The van der Waals surface area contributed by atoms with Gasteiger partial charge in [0.15, 0.2) is 0 Å². The molecule has 4 N–H and O–H groups in total. The summed E-state index contributed by atoms with van der Waals surface area (Å²) in [6.07, 6.45) is 2.76. The molecule has 0 aromatic carbocycles. The summed E-state index contributed by atoms with van der Waals surface area (Å²) < 4.78 is 10.4. The Morgan fingerprint density at radius 1 is 0.750 bits per heavy atom. The number of nitrogens with zero attached hydrogens (tertiary/aromatic N) is 2. The van der Waals surface area contributed by atoms with Crippen LogP contribution in [-0.2, 0) is 9.47 Å². The summed E-state index contributed by atoms with van der Waals surface area (Å²) in [4.78, 5) is 27.1. The Hall–Kier alpha value is -1.54. The van der Waals surface area contributed by atoms with Crippen molar-refractivity contribution in [1.82, 2.24) is 9.80 Å². The molecule has 0 unspecified atom stereocenters. The van der Waals surface area contributed by atoms with E-state index in [0.717, 1.165) is 25.7 Å². The van der Waals surface area contributed by atoms with Crippen molar-refractivity contribution < 1.29 is 19.1 Å². The summed E-state index contributed by atoms with van der Waals surface area (Å²) in [6, 6.07) is 0. The molecule has 0 atom stereocenters. The van der Waals surface area contributed by atoms with Gasteiger partial charge in [-0.1, -0.05) is 26.7 Å². The molecule has 0 bridgehead atoms. The van der Waals surface area contributed by atoms with E-state index < -0.39 is 12.2 Å². The van der Waals surface area contributed by atoms with Gasteiger partial charge in [-0.3, -0.25) is 0 Å². The Kier molecular flexibility index (Phi) is 14.1. The standard InChI is InChI=1S/C16H34N4O4/c1-3-5-13-23-15(21)19(9-7-17)11-12-20(10-8-18)16(22)24-14-6-4-2/h3-14,17-18H2,1-2H3. The third-order valence-electron chi connectivity index (χ3n) is 3.40. The first-order valence-corrected chi connectivity index (χ1v) is 8.84. The van der Waals surface area contributed by atoms with E-state index in [9.17, 15) is 9.59 Å². The van der Waals surface area contributed by atoms with Crippen LogP contribution in [0.3, 0.4) is 0 Å². The predicted molar refractivity (Wildman–Crippen MR) is 93.8 cm³/mol. The zero-order chi connectivity index (χ0) is 18.2. The first-order valence-electron chi connectivity index (χ1n) is 8.84. The van der Waals surface area contributed by atoms with Crippen molar-refractivity contribution >= 4 is 12.2 Å². The van der Waals surface area contributed by atoms with Crippen LogP contribution in [0.2, 0.25) is 0 Å². The first kappa shape index (κ1) is 22.5. The van der Waals surface area contributed by atoms with E-state index in [1.807, 2.05) is 13.8 Å². The van der Waals surface area contributed by atoms with Gasteiger partial charge in [0.05, 0.1) is 13.2 Å². The summed E-state index contributed by atoms with van der Waals surface area (Å²) in [6.45, 7) is 6.95. The molecule has 0 aliphatic heterocycles. The number of rotatable bonds is 13. The first-order chi connectivity index (χ1) is 11.6. The van der Waals surface area contributed by atoms with Crippen LogP contribution in [0.4, 0.5) is 9.59 Å². The Morgan fingerprint density at radius 3 is 1.42 bits per heavy atom. The molecule has 0 aromatic heterocycles. The van der Waals surface area contributed by atoms with Crippen molar-refractivity contribution in [3.8, 4) is 0 Å². The van der Waals surface area contributed by atoms with Crippen LogP contribution >= 0.6 is 0 Å². The molecule has 0 aromatic rings. The van der Waals surface area contributed by atoms with Crippen LogP contribution < -0.4 is 11.5 Å². The number of ether oxygens (including phenoxy) is 2. The lowest BCUT2D eigenvalue weighted by atomic mass is 10.4. The Morgan fingerprint density at radius 2 is 1.12 bits per heavy atom. The molecule has 8 nitrogen and oxygen atoms in total. The van der Waals surface area contributed by atoms with Gasteiger partial charge in [0.1, 0.15) is 0 Å². The highest BCUT2D eigenvalue weighted by Crippen LogP contribution is 2.01. The predicted octanol–water partition coefficient (Wildman–Crippen LogP) is 1.38. The summed E-state index contributed by atoms with van der Waals surface area (Å²) in [7, 11) is 0. The number of unbranched alkanes of at least 4 members (excludes halogenated alkanes) is 2. The zero-order valence-corrected chi connectivity index (χ0v) is 15.2. The van der Waals surface area contributed by atoms with Crippen molar-refractivity contribution in [3.63, 3.8) is 0 Å². The lowest BCUT2D eigenvalue weighted by Crippen LogP contribution is -2.44. The fourth-order valence-corrected chi connectivity index (χ4v) is 1.93. The molecule has 0 spiro atoms. The summed E-state index contributed by atoms with van der Waals surface area (Å²) in [5.41, 5.74) is 11.1. The van der Waals surface area contributed by atoms with E-state index in [1.54, 1.807) is 0 Å². The number of hydrogen-bond acceptors (Lipinski definition) is 6. The third-order valence-corrected chi connectivity index (χ3v) is 3.40. The molecule has 0 saturated heterocycles. The Labute approximate surface area is 145 Å². The highest BCUT2D eigenvalue weighted by atomic mass is 16.6. The van der Waals surface area contributed by atoms with Crippen molar-refractivity contribution in [1.29, 1.82) is 0 Å². The molecule has 0 rings (SSSR count). The van der Waals surface area contributed by atoms with Crippen LogP contribution in [0.25, 0.3) is 0 Å². The van der Waals surface area contributed by atoms with Crippen molar-refractivity contribution in [2.24, 2.45) is 11.5 Å². The molecule has 0 aliphatic carbocycles. The van der Waals surface area contributed by atoms with E-state index in [1.165, 1.54) is 9.80 Å². The van der Waals surface area contributed by atoms with E-state index in [0.29, 0.717) is 52.5 Å². The lowest BCUT2D eigenvalue weighted by molar-refractivity contribution is 0.0843. The molecule has 0 fully saturated rings. The highest BCUT2D eigenvalue weighted by molar-refractivity contribution is 5.69. The topological polar surface area (TPSA) is 111 Å². The molecular formula is C16H34N4O4. The van der Waals surface area contributed by atoms with Crippen molar-refractivity contribution in [2.45, 2.75) is 39.5 Å². The van der Waals surface area contributed by atoms with Gasteiger partial charge in [0.2, 0.25) is 0 Å². The van der Waals surface area contributed by atoms with Gasteiger partial charge >= 0.3 is 12.2 Å². The van der Waals surface area contributed by atoms with Gasteiger partial charge in [-0.25, -0.2) is 9.59 Å². The SMILES string of the molecule is CCCCOC(=O)N(CCN)CCN(CCN)C(=O)OCCCC. The third kappa shape index (κ3) is 10.3. The second-order valence-corrected chi connectivity index (χ2v) is 5.49. The molecule has 24 heavy (non-hydrogen) atoms. The highest BCUT2D eigenvalue weighted by Gasteiger charge is 2.19. The normalized spacial score (nSPS) is 10.3. The lowest BCUT2D eigenvalue weighted by Gasteiger charge is -2.26. The minimum absolute atomic E-state index is 0.334. The Bertz CT molecular complexity index is 310. The van der Waals surface area contributed by atoms with Gasteiger partial charge in [-0.2, -0.15) is 0 Å². The minimum Gasteiger partial charge on any atom is -0.449 e. The fourth-order valence-electron chi connectivity index (χ4n) is 1.93. The maximum Gasteiger partial charge on any atom is 0.409 e. The van der Waals surface area contributed by atoms with Crippen molar-refractivity contribution in [2.75, 3.05) is 52.5 Å². The molecular weight excluding hydrogens is 312 g/mol. The second kappa shape index (κ2) is 15.0. The fraction of sp³-hybridized carbons (Fsp3) is 0.875. The summed E-state index contributed by atoms with van der Waals surface area (Å²) in [5, 5.41) is 0. The summed E-state index contributed by atoms with van der Waals surface area (Å²) in [5.74, 6) is 0. The zero-order valence-electron chi connectivity index (χ0n) is 15.2. The average Bonchev–Trinajstić information content (AvgIpc) is 2.57. The number of hydrogen-bond donors (Lipinski definition) is 2. The van der Waals surface area contributed by atoms with E-state index in [2.05, 4.69) is 0 Å². The van der Waals surface area contributed by atoms with Crippen molar-refractivity contribution in [3.05, 3.63) is 0 Å². The molecule has 0 radical (unpaired) electrons. The molecule has 0 heterocycles.